The molecule has 2 aromatic rings. The molecule has 1 unspecified atom stereocenters. The molecule has 1 atom stereocenters. The first-order chi connectivity index (χ1) is 7.50. The molecule has 1 nitrogen and oxygen atoms in total. The molecule has 0 spiro atoms. The fourth-order valence-electron chi connectivity index (χ4n) is 1.79. The maximum Gasteiger partial charge on any atom is 0.106 e. The zero-order valence-electron chi connectivity index (χ0n) is 9.30. The van der Waals surface area contributed by atoms with Gasteiger partial charge in [0.15, 0.2) is 0 Å². The molecule has 4 heteroatoms. The highest BCUT2D eigenvalue weighted by Gasteiger charge is 2.21. The van der Waals surface area contributed by atoms with Crippen molar-refractivity contribution in [1.29, 1.82) is 0 Å². The van der Waals surface area contributed by atoms with Crippen molar-refractivity contribution < 1.29 is 4.42 Å². The minimum atomic E-state index is 0.169. The van der Waals surface area contributed by atoms with Crippen LogP contribution in [0.4, 0.5) is 0 Å². The van der Waals surface area contributed by atoms with Crippen molar-refractivity contribution in [2.45, 2.75) is 25.6 Å². The van der Waals surface area contributed by atoms with Crippen LogP contribution < -0.4 is 0 Å². The second kappa shape index (κ2) is 4.55. The maximum absolute atomic E-state index is 5.95. The van der Waals surface area contributed by atoms with Crippen LogP contribution in [-0.2, 0) is 0 Å². The van der Waals surface area contributed by atoms with Gasteiger partial charge in [-0.2, -0.15) is 0 Å². The van der Waals surface area contributed by atoms with E-state index in [9.17, 15) is 0 Å². The van der Waals surface area contributed by atoms with Gasteiger partial charge in [0.05, 0.1) is 9.16 Å². The van der Waals surface area contributed by atoms with Crippen LogP contribution in [0, 0.1) is 20.8 Å². The number of alkyl halides is 1. The average molecular weight is 320 g/mol. The molecule has 0 saturated heterocycles. The number of halogens is 2. The van der Waals surface area contributed by atoms with Crippen LogP contribution in [0.25, 0.3) is 0 Å². The van der Waals surface area contributed by atoms with Crippen LogP contribution in [0.1, 0.15) is 32.4 Å². The Morgan fingerprint density at radius 1 is 1.25 bits per heavy atom. The third-order valence-corrected chi connectivity index (χ3v) is 5.26. The average Bonchev–Trinajstić information content (AvgIpc) is 2.73. The number of hydrogen-bond donors (Lipinski definition) is 0. The van der Waals surface area contributed by atoms with E-state index in [4.69, 9.17) is 16.0 Å². The van der Waals surface area contributed by atoms with Gasteiger partial charge in [0.2, 0.25) is 0 Å². The Morgan fingerprint density at radius 3 is 2.38 bits per heavy atom. The number of aryl methyl sites for hydroxylation is 2. The summed E-state index contributed by atoms with van der Waals surface area (Å²) in [5.74, 6) is 1.96. The topological polar surface area (TPSA) is 13.1 Å². The third kappa shape index (κ3) is 2.08. The van der Waals surface area contributed by atoms with Crippen molar-refractivity contribution in [2.75, 3.05) is 0 Å². The van der Waals surface area contributed by atoms with E-state index < -0.39 is 0 Å². The van der Waals surface area contributed by atoms with Gasteiger partial charge >= 0.3 is 0 Å². The summed E-state index contributed by atoms with van der Waals surface area (Å²) in [5, 5.41) is 0. The summed E-state index contributed by atoms with van der Waals surface area (Å²) < 4.78 is 6.45. The largest absolute Gasteiger partial charge is 0.466 e. The van der Waals surface area contributed by atoms with E-state index in [0.29, 0.717) is 0 Å². The van der Waals surface area contributed by atoms with Crippen molar-refractivity contribution in [2.24, 2.45) is 0 Å². The SMILES string of the molecule is Cc1oc(C)c(C(Br)c2ccc(Cl)s2)c1C. The quantitative estimate of drug-likeness (QED) is 0.675. The summed E-state index contributed by atoms with van der Waals surface area (Å²) in [4.78, 5) is 1.37. The van der Waals surface area contributed by atoms with Gasteiger partial charge in [0, 0.05) is 10.4 Å². The van der Waals surface area contributed by atoms with Crippen LogP contribution in [0.3, 0.4) is 0 Å². The highest BCUT2D eigenvalue weighted by molar-refractivity contribution is 9.09. The first kappa shape index (κ1) is 12.2. The molecule has 0 N–H and O–H groups in total. The monoisotopic (exact) mass is 318 g/mol. The lowest BCUT2D eigenvalue weighted by atomic mass is 10.1. The normalized spacial score (nSPS) is 13.1. The molecule has 16 heavy (non-hydrogen) atoms. The van der Waals surface area contributed by atoms with Crippen LogP contribution in [-0.4, -0.2) is 0 Å². The minimum absolute atomic E-state index is 0.169. The van der Waals surface area contributed by atoms with E-state index in [0.717, 1.165) is 15.9 Å². The summed E-state index contributed by atoms with van der Waals surface area (Å²) in [6.45, 7) is 6.08. The van der Waals surface area contributed by atoms with Crippen LogP contribution in [0.5, 0.6) is 0 Å². The Hall–Kier alpha value is -0.250. The van der Waals surface area contributed by atoms with E-state index in [1.165, 1.54) is 16.0 Å². The molecule has 2 rings (SSSR count). The molecule has 0 saturated carbocycles. The Bertz CT molecular complexity index is 515. The molecule has 0 radical (unpaired) electrons. The number of furan rings is 1. The molecule has 0 amide bonds. The summed E-state index contributed by atoms with van der Waals surface area (Å²) >= 11 is 11.3. The van der Waals surface area contributed by atoms with Crippen molar-refractivity contribution in [3.63, 3.8) is 0 Å². The van der Waals surface area contributed by atoms with Crippen LogP contribution in [0.15, 0.2) is 16.5 Å². The van der Waals surface area contributed by atoms with Crippen LogP contribution in [0.2, 0.25) is 4.34 Å². The molecular weight excluding hydrogens is 308 g/mol. The van der Waals surface area contributed by atoms with Gasteiger partial charge in [-0.15, -0.1) is 11.3 Å². The maximum atomic E-state index is 5.95. The predicted molar refractivity (Wildman–Crippen MR) is 73.0 cm³/mol. The van der Waals surface area contributed by atoms with Gasteiger partial charge < -0.3 is 4.42 Å². The number of rotatable bonds is 2. The van der Waals surface area contributed by atoms with Gasteiger partial charge in [0.1, 0.15) is 11.5 Å². The molecular formula is C12H12BrClOS. The zero-order valence-corrected chi connectivity index (χ0v) is 12.5. The molecule has 0 aromatic carbocycles. The zero-order chi connectivity index (χ0) is 11.9. The van der Waals surface area contributed by atoms with Crippen molar-refractivity contribution in [3.8, 4) is 0 Å². The Morgan fingerprint density at radius 2 is 1.94 bits per heavy atom. The smallest absolute Gasteiger partial charge is 0.106 e. The third-order valence-electron chi connectivity index (χ3n) is 2.71. The first-order valence-electron chi connectivity index (χ1n) is 4.96. The molecule has 2 aromatic heterocycles. The molecule has 0 bridgehead atoms. The standard InChI is InChI=1S/C12H12BrClOS/c1-6-7(2)15-8(3)11(6)12(13)9-4-5-10(14)16-9/h4-5,12H,1-3H3. The van der Waals surface area contributed by atoms with Crippen LogP contribution >= 0.6 is 38.9 Å². The van der Waals surface area contributed by atoms with E-state index in [-0.39, 0.29) is 4.83 Å². The van der Waals surface area contributed by atoms with Gasteiger partial charge in [0.25, 0.3) is 0 Å². The number of hydrogen-bond acceptors (Lipinski definition) is 2. The Kier molecular flexibility index (Phi) is 3.48. The summed E-state index contributed by atoms with van der Waals surface area (Å²) in [5.41, 5.74) is 2.43. The highest BCUT2D eigenvalue weighted by Crippen LogP contribution is 2.41. The molecule has 0 aliphatic carbocycles. The van der Waals surface area contributed by atoms with E-state index >= 15 is 0 Å². The summed E-state index contributed by atoms with van der Waals surface area (Å²) in [6.07, 6.45) is 0. The van der Waals surface area contributed by atoms with E-state index in [1.807, 2.05) is 26.0 Å². The fraction of sp³-hybridized carbons (Fsp3) is 0.333. The molecule has 2 heterocycles. The van der Waals surface area contributed by atoms with Gasteiger partial charge in [-0.1, -0.05) is 27.5 Å². The highest BCUT2D eigenvalue weighted by atomic mass is 79.9. The van der Waals surface area contributed by atoms with Crippen molar-refractivity contribution >= 4 is 38.9 Å². The minimum Gasteiger partial charge on any atom is -0.466 e. The Balaban J connectivity index is 2.44. The second-order valence-corrected chi connectivity index (χ2v) is 6.42. The van der Waals surface area contributed by atoms with Crippen molar-refractivity contribution in [1.82, 2.24) is 0 Å². The van der Waals surface area contributed by atoms with E-state index in [1.54, 1.807) is 11.3 Å². The predicted octanol–water partition coefficient (Wildman–Crippen LogP) is 5.40. The molecule has 86 valence electrons. The number of thiophene rings is 1. The molecule has 0 aliphatic heterocycles. The lowest BCUT2D eigenvalue weighted by Gasteiger charge is -2.07. The second-order valence-electron chi connectivity index (χ2n) is 3.76. The van der Waals surface area contributed by atoms with Gasteiger partial charge in [-0.05, 0) is 38.5 Å². The van der Waals surface area contributed by atoms with Crippen molar-refractivity contribution in [3.05, 3.63) is 44.0 Å². The van der Waals surface area contributed by atoms with E-state index in [2.05, 4.69) is 22.9 Å². The summed E-state index contributed by atoms with van der Waals surface area (Å²) in [7, 11) is 0. The molecule has 0 aliphatic rings. The molecule has 0 fully saturated rings. The fourth-order valence-corrected chi connectivity index (χ4v) is 3.94. The first-order valence-corrected chi connectivity index (χ1v) is 7.07. The summed E-state index contributed by atoms with van der Waals surface area (Å²) in [6, 6.07) is 3.97. The lowest BCUT2D eigenvalue weighted by Crippen LogP contribution is -1.92. The van der Waals surface area contributed by atoms with Gasteiger partial charge in [-0.25, -0.2) is 0 Å². The van der Waals surface area contributed by atoms with Gasteiger partial charge in [-0.3, -0.25) is 0 Å². The lowest BCUT2D eigenvalue weighted by molar-refractivity contribution is 0.500. The Labute approximate surface area is 113 Å².